The number of rotatable bonds is 11. The van der Waals surface area contributed by atoms with E-state index >= 15 is 0 Å². The molecule has 9 nitrogen and oxygen atoms in total. The number of nitrogens with zero attached hydrogens (tertiary/aromatic N) is 2. The number of methoxy groups -OCH3 is 2. The molecule has 0 spiro atoms. The first-order chi connectivity index (χ1) is 18.3. The van der Waals surface area contributed by atoms with Gasteiger partial charge in [0, 0.05) is 24.4 Å². The lowest BCUT2D eigenvalue weighted by Crippen LogP contribution is -2.48. The van der Waals surface area contributed by atoms with Crippen molar-refractivity contribution in [1.82, 2.24) is 14.6 Å². The molecule has 2 heterocycles. The van der Waals surface area contributed by atoms with Gasteiger partial charge in [-0.05, 0) is 68.1 Å². The molecule has 1 aromatic heterocycles. The summed E-state index contributed by atoms with van der Waals surface area (Å²) in [5.41, 5.74) is 3.50. The van der Waals surface area contributed by atoms with Crippen molar-refractivity contribution in [2.45, 2.75) is 50.1 Å². The second kappa shape index (κ2) is 12.6. The van der Waals surface area contributed by atoms with Crippen molar-refractivity contribution in [3.63, 3.8) is 0 Å². The van der Waals surface area contributed by atoms with Gasteiger partial charge in [-0.2, -0.15) is 4.31 Å². The Morgan fingerprint density at radius 3 is 2.55 bits per heavy atom. The van der Waals surface area contributed by atoms with E-state index in [2.05, 4.69) is 10.3 Å². The molecule has 1 fully saturated rings. The third kappa shape index (κ3) is 6.46. The monoisotopic (exact) mass is 559 g/mol. The van der Waals surface area contributed by atoms with Crippen LogP contribution in [0.2, 0.25) is 0 Å². The smallest absolute Gasteiger partial charge is 0.244 e. The van der Waals surface area contributed by atoms with Crippen LogP contribution in [0, 0.1) is 6.92 Å². The van der Waals surface area contributed by atoms with Crippen molar-refractivity contribution < 1.29 is 27.4 Å². The van der Waals surface area contributed by atoms with Crippen molar-refractivity contribution >= 4 is 27.3 Å². The zero-order valence-corrected chi connectivity index (χ0v) is 23.4. The summed E-state index contributed by atoms with van der Waals surface area (Å²) in [6, 6.07) is 10.7. The minimum atomic E-state index is -4.01. The Balaban J connectivity index is 1.59. The maximum absolute atomic E-state index is 13.8. The van der Waals surface area contributed by atoms with Crippen LogP contribution < -0.4 is 19.5 Å². The molecule has 0 aliphatic carbocycles. The second-order valence-electron chi connectivity index (χ2n) is 8.97. The van der Waals surface area contributed by atoms with Crippen LogP contribution in [0.3, 0.4) is 0 Å². The van der Waals surface area contributed by atoms with Gasteiger partial charge in [-0.3, -0.25) is 4.79 Å². The van der Waals surface area contributed by atoms with Crippen LogP contribution in [0.5, 0.6) is 17.2 Å². The predicted octanol–water partition coefficient (Wildman–Crippen LogP) is 3.95. The average molecular weight is 560 g/mol. The van der Waals surface area contributed by atoms with E-state index in [-0.39, 0.29) is 17.3 Å². The average Bonchev–Trinajstić information content (AvgIpc) is 3.21. The van der Waals surface area contributed by atoms with E-state index in [1.54, 1.807) is 48.8 Å². The van der Waals surface area contributed by atoms with Crippen molar-refractivity contribution in [2.75, 3.05) is 27.4 Å². The Morgan fingerprint density at radius 1 is 1.08 bits per heavy atom. The summed E-state index contributed by atoms with van der Waals surface area (Å²) in [4.78, 5) is 18.5. The van der Waals surface area contributed by atoms with Crippen molar-refractivity contribution in [2.24, 2.45) is 0 Å². The normalized spacial score (nSPS) is 16.1. The van der Waals surface area contributed by atoms with Gasteiger partial charge in [-0.1, -0.05) is 6.07 Å². The second-order valence-corrected chi connectivity index (χ2v) is 11.8. The van der Waals surface area contributed by atoms with E-state index in [1.165, 1.54) is 28.4 Å². The van der Waals surface area contributed by atoms with Gasteiger partial charge in [0.2, 0.25) is 15.9 Å². The Kier molecular flexibility index (Phi) is 9.24. The van der Waals surface area contributed by atoms with Gasteiger partial charge in [0.1, 0.15) is 11.8 Å². The third-order valence-corrected chi connectivity index (χ3v) is 9.38. The first kappa shape index (κ1) is 27.9. The quantitative estimate of drug-likeness (QED) is 0.379. The maximum atomic E-state index is 13.8. The van der Waals surface area contributed by atoms with Gasteiger partial charge in [0.25, 0.3) is 0 Å². The topological polar surface area (TPSA) is 107 Å². The number of ether oxygens (including phenoxy) is 3. The van der Waals surface area contributed by atoms with E-state index in [0.29, 0.717) is 42.4 Å². The number of thiazole rings is 1. The SMILES string of the molecule is COc1ccc(S(=O)(=O)N(Cc2ccc(OCCc3scnc3C)c(OC)c2)[C@H]2CCCCNC2=O)cc1. The van der Waals surface area contributed by atoms with E-state index in [0.717, 1.165) is 25.0 Å². The zero-order chi connectivity index (χ0) is 27.1. The summed E-state index contributed by atoms with van der Waals surface area (Å²) in [6.45, 7) is 2.97. The third-order valence-electron chi connectivity index (χ3n) is 6.52. The van der Waals surface area contributed by atoms with Gasteiger partial charge in [-0.15, -0.1) is 11.3 Å². The molecule has 0 bridgehead atoms. The summed E-state index contributed by atoms with van der Waals surface area (Å²) in [6.07, 6.45) is 2.72. The Labute approximate surface area is 227 Å². The number of nitrogens with one attached hydrogen (secondary N) is 1. The molecule has 0 unspecified atom stereocenters. The highest BCUT2D eigenvalue weighted by atomic mass is 32.2. The highest BCUT2D eigenvalue weighted by molar-refractivity contribution is 7.89. The fourth-order valence-electron chi connectivity index (χ4n) is 4.37. The molecule has 2 aromatic carbocycles. The number of aromatic nitrogens is 1. The van der Waals surface area contributed by atoms with Gasteiger partial charge < -0.3 is 19.5 Å². The molecule has 3 aromatic rings. The molecule has 1 aliphatic rings. The number of hydrogen-bond acceptors (Lipinski definition) is 8. The number of hydrogen-bond donors (Lipinski definition) is 1. The number of carbonyl (C=O) groups is 1. The summed E-state index contributed by atoms with van der Waals surface area (Å²) < 4.78 is 45.7. The van der Waals surface area contributed by atoms with E-state index in [1.807, 2.05) is 12.4 Å². The fourth-order valence-corrected chi connectivity index (χ4v) is 6.74. The first-order valence-corrected chi connectivity index (χ1v) is 14.8. The summed E-state index contributed by atoms with van der Waals surface area (Å²) in [7, 11) is -0.940. The van der Waals surface area contributed by atoms with Gasteiger partial charge in [0.15, 0.2) is 11.5 Å². The number of amides is 1. The molecule has 1 N–H and O–H groups in total. The molecule has 0 saturated carbocycles. The number of sulfonamides is 1. The molecule has 1 amide bonds. The first-order valence-electron chi connectivity index (χ1n) is 12.5. The molecule has 38 heavy (non-hydrogen) atoms. The number of aryl methyl sites for hydroxylation is 1. The largest absolute Gasteiger partial charge is 0.497 e. The van der Waals surface area contributed by atoms with E-state index < -0.39 is 16.1 Å². The molecule has 1 saturated heterocycles. The minimum absolute atomic E-state index is 0.00312. The number of carbonyl (C=O) groups excluding carboxylic acids is 1. The van der Waals surface area contributed by atoms with Crippen LogP contribution >= 0.6 is 11.3 Å². The standard InChI is InChI=1S/C27H33N3O6S2/c1-19-26(37-18-29-19)13-15-36-24-12-7-20(16-25(24)35-3)17-30(23-6-4-5-14-28-27(23)31)38(32,33)22-10-8-21(34-2)9-11-22/h7-12,16,18,23H,4-6,13-15,17H2,1-3H3,(H,28,31)/t23-/m0/s1. The Morgan fingerprint density at radius 2 is 1.87 bits per heavy atom. The van der Waals surface area contributed by atoms with Crippen LogP contribution in [-0.2, 0) is 27.8 Å². The van der Waals surface area contributed by atoms with E-state index in [9.17, 15) is 13.2 Å². The van der Waals surface area contributed by atoms with Crippen LogP contribution in [0.4, 0.5) is 0 Å². The van der Waals surface area contributed by atoms with Gasteiger partial charge >= 0.3 is 0 Å². The van der Waals surface area contributed by atoms with E-state index in [4.69, 9.17) is 14.2 Å². The molecule has 4 rings (SSSR count). The van der Waals surface area contributed by atoms with Gasteiger partial charge in [-0.25, -0.2) is 13.4 Å². The van der Waals surface area contributed by atoms with Crippen molar-refractivity contribution in [1.29, 1.82) is 0 Å². The lowest BCUT2D eigenvalue weighted by Gasteiger charge is -2.29. The zero-order valence-electron chi connectivity index (χ0n) is 21.8. The van der Waals surface area contributed by atoms with Crippen LogP contribution in [0.15, 0.2) is 52.9 Å². The molecule has 204 valence electrons. The highest BCUT2D eigenvalue weighted by Gasteiger charge is 2.36. The van der Waals surface area contributed by atoms with Crippen LogP contribution in [0.1, 0.15) is 35.4 Å². The molecular weight excluding hydrogens is 526 g/mol. The van der Waals surface area contributed by atoms with Crippen molar-refractivity contribution in [3.8, 4) is 17.2 Å². The summed E-state index contributed by atoms with van der Waals surface area (Å²) in [5, 5.41) is 2.86. The lowest BCUT2D eigenvalue weighted by molar-refractivity contribution is -0.124. The number of benzene rings is 2. The maximum Gasteiger partial charge on any atom is 0.244 e. The summed E-state index contributed by atoms with van der Waals surface area (Å²) in [5.74, 6) is 1.32. The van der Waals surface area contributed by atoms with Crippen LogP contribution in [0.25, 0.3) is 0 Å². The Bertz CT molecular complexity index is 1340. The highest BCUT2D eigenvalue weighted by Crippen LogP contribution is 2.31. The van der Waals surface area contributed by atoms with Gasteiger partial charge in [0.05, 0.1) is 36.9 Å². The molecule has 11 heteroatoms. The molecule has 0 radical (unpaired) electrons. The minimum Gasteiger partial charge on any atom is -0.497 e. The lowest BCUT2D eigenvalue weighted by atomic mass is 10.1. The Hall–Kier alpha value is -3.15. The summed E-state index contributed by atoms with van der Waals surface area (Å²) >= 11 is 1.60. The molecule has 1 aliphatic heterocycles. The molecular formula is C27H33N3O6S2. The fraction of sp³-hybridized carbons (Fsp3) is 0.407. The van der Waals surface area contributed by atoms with Crippen LogP contribution in [-0.4, -0.2) is 57.0 Å². The predicted molar refractivity (Wildman–Crippen MR) is 145 cm³/mol. The molecule has 1 atom stereocenters. The van der Waals surface area contributed by atoms with Crippen molar-refractivity contribution in [3.05, 3.63) is 64.1 Å².